The van der Waals surface area contributed by atoms with Crippen molar-refractivity contribution >= 4 is 5.91 Å². The van der Waals surface area contributed by atoms with Crippen molar-refractivity contribution < 1.29 is 4.79 Å². The van der Waals surface area contributed by atoms with Crippen LogP contribution < -0.4 is 11.1 Å². The van der Waals surface area contributed by atoms with Crippen LogP contribution in [-0.4, -0.2) is 42.5 Å². The first kappa shape index (κ1) is 14.5. The van der Waals surface area contributed by atoms with E-state index >= 15 is 0 Å². The largest absolute Gasteiger partial charge is 0.368 e. The highest BCUT2D eigenvalue weighted by Gasteiger charge is 2.31. The molecule has 0 radical (unpaired) electrons. The topological polar surface area (TPSA) is 58.4 Å². The van der Waals surface area contributed by atoms with E-state index in [1.807, 2.05) is 13.8 Å². The molecule has 2 unspecified atom stereocenters. The molecule has 1 fully saturated rings. The maximum absolute atomic E-state index is 11.5. The lowest BCUT2D eigenvalue weighted by Gasteiger charge is -2.29. The van der Waals surface area contributed by atoms with Gasteiger partial charge in [-0.25, -0.2) is 0 Å². The van der Waals surface area contributed by atoms with E-state index in [0.29, 0.717) is 0 Å². The monoisotopic (exact) mass is 241 g/mol. The summed E-state index contributed by atoms with van der Waals surface area (Å²) in [7, 11) is 0. The molecule has 1 saturated heterocycles. The van der Waals surface area contributed by atoms with E-state index in [0.717, 1.165) is 25.4 Å². The molecule has 1 aliphatic rings. The van der Waals surface area contributed by atoms with Gasteiger partial charge in [-0.05, 0) is 38.8 Å². The maximum Gasteiger partial charge on any atom is 0.237 e. The zero-order valence-corrected chi connectivity index (χ0v) is 11.5. The maximum atomic E-state index is 11.5. The van der Waals surface area contributed by atoms with Crippen LogP contribution in [0.2, 0.25) is 0 Å². The first-order valence-electron chi connectivity index (χ1n) is 6.79. The Labute approximate surface area is 105 Å². The number of rotatable bonds is 7. The second-order valence-electron chi connectivity index (χ2n) is 5.34. The third kappa shape index (κ3) is 3.96. The first-order chi connectivity index (χ1) is 8.01. The number of carbonyl (C=O) groups is 1. The van der Waals surface area contributed by atoms with Gasteiger partial charge in [0.05, 0.1) is 5.54 Å². The lowest BCUT2D eigenvalue weighted by molar-refractivity contribution is -0.124. The van der Waals surface area contributed by atoms with Crippen LogP contribution in [-0.2, 0) is 4.79 Å². The Hall–Kier alpha value is -0.610. The smallest absolute Gasteiger partial charge is 0.237 e. The van der Waals surface area contributed by atoms with Gasteiger partial charge in [-0.2, -0.15) is 0 Å². The number of nitrogens with one attached hydrogen (secondary N) is 1. The van der Waals surface area contributed by atoms with Gasteiger partial charge >= 0.3 is 0 Å². The molecule has 17 heavy (non-hydrogen) atoms. The molecular formula is C13H27N3O. The molecule has 4 heteroatoms. The Kier molecular flexibility index (Phi) is 5.40. The van der Waals surface area contributed by atoms with Crippen LogP contribution >= 0.6 is 0 Å². The molecular weight excluding hydrogens is 214 g/mol. The van der Waals surface area contributed by atoms with Crippen molar-refractivity contribution in [1.29, 1.82) is 0 Å². The summed E-state index contributed by atoms with van der Waals surface area (Å²) in [6, 6.07) is 0. The molecule has 0 aromatic heterocycles. The number of likely N-dealkylation sites (N-methyl/N-ethyl adjacent to an activating group) is 1. The molecule has 4 nitrogen and oxygen atoms in total. The molecule has 3 N–H and O–H groups in total. The van der Waals surface area contributed by atoms with Crippen LogP contribution in [0.4, 0.5) is 0 Å². The van der Waals surface area contributed by atoms with Crippen molar-refractivity contribution in [2.45, 2.75) is 45.6 Å². The van der Waals surface area contributed by atoms with Crippen LogP contribution in [0.25, 0.3) is 0 Å². The van der Waals surface area contributed by atoms with E-state index in [1.165, 1.54) is 25.9 Å². The Balaban J connectivity index is 2.40. The second-order valence-corrected chi connectivity index (χ2v) is 5.34. The summed E-state index contributed by atoms with van der Waals surface area (Å²) in [4.78, 5) is 13.9. The molecule has 2 atom stereocenters. The summed E-state index contributed by atoms with van der Waals surface area (Å²) in [6.07, 6.45) is 3.36. The fraction of sp³-hybridized carbons (Fsp3) is 0.923. The van der Waals surface area contributed by atoms with E-state index < -0.39 is 5.54 Å². The summed E-state index contributed by atoms with van der Waals surface area (Å²) < 4.78 is 0. The molecule has 0 bridgehead atoms. The molecule has 0 spiro atoms. The van der Waals surface area contributed by atoms with E-state index in [4.69, 9.17) is 5.73 Å². The number of likely N-dealkylation sites (tertiary alicyclic amines) is 1. The third-order valence-electron chi connectivity index (χ3n) is 3.99. The number of carbonyl (C=O) groups excluding carboxylic acids is 1. The molecule has 1 amide bonds. The summed E-state index contributed by atoms with van der Waals surface area (Å²) in [6.45, 7) is 10.2. The van der Waals surface area contributed by atoms with Crippen molar-refractivity contribution in [2.24, 2.45) is 11.7 Å². The van der Waals surface area contributed by atoms with E-state index in [9.17, 15) is 4.79 Å². The summed E-state index contributed by atoms with van der Waals surface area (Å²) in [5.41, 5.74) is 4.92. The minimum Gasteiger partial charge on any atom is -0.368 e. The van der Waals surface area contributed by atoms with Crippen molar-refractivity contribution in [2.75, 3.05) is 26.2 Å². The molecule has 1 rings (SSSR count). The zero-order valence-electron chi connectivity index (χ0n) is 11.5. The Morgan fingerprint density at radius 1 is 1.53 bits per heavy atom. The van der Waals surface area contributed by atoms with Gasteiger partial charge in [0.1, 0.15) is 0 Å². The van der Waals surface area contributed by atoms with Crippen LogP contribution in [0.1, 0.15) is 40.0 Å². The van der Waals surface area contributed by atoms with Gasteiger partial charge in [0.25, 0.3) is 0 Å². The fourth-order valence-electron chi connectivity index (χ4n) is 2.52. The predicted octanol–water partition coefficient (Wildman–Crippen LogP) is 0.962. The quantitative estimate of drug-likeness (QED) is 0.698. The van der Waals surface area contributed by atoms with Gasteiger partial charge in [-0.15, -0.1) is 0 Å². The van der Waals surface area contributed by atoms with Crippen molar-refractivity contribution in [3.05, 3.63) is 0 Å². The van der Waals surface area contributed by atoms with Crippen LogP contribution in [0.5, 0.6) is 0 Å². The standard InChI is InChI=1S/C13H27N3O/c1-4-11-6-8-16(10-11)9-7-13(3,12(14)17)15-5-2/h11,15H,4-10H2,1-3H3,(H2,14,17). The van der Waals surface area contributed by atoms with E-state index in [-0.39, 0.29) is 5.91 Å². The number of nitrogens with zero attached hydrogens (tertiary/aromatic N) is 1. The van der Waals surface area contributed by atoms with E-state index in [1.54, 1.807) is 0 Å². The van der Waals surface area contributed by atoms with Gasteiger partial charge in [-0.3, -0.25) is 4.79 Å². The lowest BCUT2D eigenvalue weighted by Crippen LogP contribution is -2.54. The predicted molar refractivity (Wildman–Crippen MR) is 70.7 cm³/mol. The normalized spacial score (nSPS) is 24.8. The van der Waals surface area contributed by atoms with Crippen molar-refractivity contribution in [3.8, 4) is 0 Å². The minimum atomic E-state index is -0.556. The van der Waals surface area contributed by atoms with Crippen LogP contribution in [0, 0.1) is 5.92 Å². The molecule has 1 aliphatic heterocycles. The summed E-state index contributed by atoms with van der Waals surface area (Å²) >= 11 is 0. The Bertz CT molecular complexity index is 257. The average molecular weight is 241 g/mol. The van der Waals surface area contributed by atoms with Crippen LogP contribution in [0.15, 0.2) is 0 Å². The van der Waals surface area contributed by atoms with Gasteiger partial charge in [0.2, 0.25) is 5.91 Å². The molecule has 1 heterocycles. The van der Waals surface area contributed by atoms with Crippen molar-refractivity contribution in [3.63, 3.8) is 0 Å². The summed E-state index contributed by atoms with van der Waals surface area (Å²) in [5.74, 6) is 0.597. The van der Waals surface area contributed by atoms with Crippen LogP contribution in [0.3, 0.4) is 0 Å². The SMILES string of the molecule is CCNC(C)(CCN1CCC(CC)C1)C(N)=O. The van der Waals surface area contributed by atoms with Gasteiger partial charge in [0, 0.05) is 13.1 Å². The molecule has 0 aromatic rings. The van der Waals surface area contributed by atoms with Gasteiger partial charge < -0.3 is 16.0 Å². The van der Waals surface area contributed by atoms with Gasteiger partial charge in [-0.1, -0.05) is 20.3 Å². The minimum absolute atomic E-state index is 0.245. The highest BCUT2D eigenvalue weighted by atomic mass is 16.1. The highest BCUT2D eigenvalue weighted by Crippen LogP contribution is 2.20. The average Bonchev–Trinajstić information content (AvgIpc) is 2.74. The zero-order chi connectivity index (χ0) is 12.9. The number of hydrogen-bond donors (Lipinski definition) is 2. The molecule has 0 saturated carbocycles. The molecule has 100 valence electrons. The number of amides is 1. The highest BCUT2D eigenvalue weighted by molar-refractivity contribution is 5.84. The number of hydrogen-bond acceptors (Lipinski definition) is 3. The Morgan fingerprint density at radius 2 is 2.24 bits per heavy atom. The second kappa shape index (κ2) is 6.36. The molecule has 0 aromatic carbocycles. The Morgan fingerprint density at radius 3 is 2.71 bits per heavy atom. The lowest BCUT2D eigenvalue weighted by atomic mass is 9.96. The van der Waals surface area contributed by atoms with Gasteiger partial charge in [0.15, 0.2) is 0 Å². The number of nitrogens with two attached hydrogens (primary N) is 1. The third-order valence-corrected chi connectivity index (χ3v) is 3.99. The molecule has 0 aliphatic carbocycles. The van der Waals surface area contributed by atoms with Crippen molar-refractivity contribution in [1.82, 2.24) is 10.2 Å². The fourth-order valence-corrected chi connectivity index (χ4v) is 2.52. The first-order valence-corrected chi connectivity index (χ1v) is 6.79. The van der Waals surface area contributed by atoms with E-state index in [2.05, 4.69) is 17.1 Å². The number of primary amides is 1. The summed E-state index contributed by atoms with van der Waals surface area (Å²) in [5, 5.41) is 3.21.